The van der Waals surface area contributed by atoms with Crippen LogP contribution in [0.15, 0.2) is 30.3 Å². The molecule has 0 saturated carbocycles. The van der Waals surface area contributed by atoms with Gasteiger partial charge in [-0.3, -0.25) is 4.79 Å². The first-order chi connectivity index (χ1) is 11.5. The zero-order chi connectivity index (χ0) is 17.1. The molecular formula is C18H21ClN4O. The van der Waals surface area contributed by atoms with Crippen LogP contribution in [0, 0.1) is 19.8 Å². The maximum Gasteiger partial charge on any atom is 0.227 e. The third-order valence-corrected chi connectivity index (χ3v) is 4.45. The summed E-state index contributed by atoms with van der Waals surface area (Å²) in [6.45, 7) is 5.53. The predicted molar refractivity (Wildman–Crippen MR) is 96.5 cm³/mol. The minimum Gasteiger partial charge on any atom is -0.341 e. The molecule has 6 heteroatoms. The van der Waals surface area contributed by atoms with Crippen molar-refractivity contribution in [3.8, 4) is 0 Å². The van der Waals surface area contributed by atoms with E-state index >= 15 is 0 Å². The lowest BCUT2D eigenvalue weighted by Crippen LogP contribution is -2.39. The summed E-state index contributed by atoms with van der Waals surface area (Å²) in [6.07, 6.45) is 1.59. The van der Waals surface area contributed by atoms with E-state index in [1.54, 1.807) is 12.1 Å². The first-order valence-corrected chi connectivity index (χ1v) is 8.53. The number of hydrogen-bond donors (Lipinski definition) is 1. The summed E-state index contributed by atoms with van der Waals surface area (Å²) in [5.41, 5.74) is 2.68. The largest absolute Gasteiger partial charge is 0.341 e. The van der Waals surface area contributed by atoms with Crippen LogP contribution in [0.5, 0.6) is 0 Å². The molecule has 1 amide bonds. The molecule has 0 unspecified atom stereocenters. The van der Waals surface area contributed by atoms with E-state index in [0.29, 0.717) is 5.02 Å². The Hall–Kier alpha value is -2.14. The number of carbonyl (C=O) groups is 1. The number of anilines is 2. The van der Waals surface area contributed by atoms with Gasteiger partial charge in [0.25, 0.3) is 0 Å². The summed E-state index contributed by atoms with van der Waals surface area (Å²) < 4.78 is 0. The molecule has 0 aliphatic carbocycles. The molecule has 126 valence electrons. The van der Waals surface area contributed by atoms with Crippen molar-refractivity contribution >= 4 is 29.1 Å². The lowest BCUT2D eigenvalue weighted by atomic mass is 9.96. The molecule has 0 atom stereocenters. The van der Waals surface area contributed by atoms with E-state index in [1.165, 1.54) is 0 Å². The average molecular weight is 345 g/mol. The van der Waals surface area contributed by atoms with Crippen LogP contribution in [0.4, 0.5) is 11.6 Å². The summed E-state index contributed by atoms with van der Waals surface area (Å²) >= 11 is 5.95. The van der Waals surface area contributed by atoms with E-state index < -0.39 is 0 Å². The van der Waals surface area contributed by atoms with Gasteiger partial charge in [0.05, 0.1) is 0 Å². The van der Waals surface area contributed by atoms with Gasteiger partial charge in [0.15, 0.2) is 0 Å². The standard InChI is InChI=1S/C18H21ClN4O/c1-12-10-13(2)21-18(20-12)23-8-6-14(7-9-23)17(24)22-16-5-3-4-15(19)11-16/h3-5,10-11,14H,6-9H2,1-2H3,(H,22,24). The SMILES string of the molecule is Cc1cc(C)nc(N2CCC(C(=O)Nc3cccc(Cl)c3)CC2)n1. The third-order valence-electron chi connectivity index (χ3n) is 4.21. The highest BCUT2D eigenvalue weighted by Crippen LogP contribution is 2.23. The highest BCUT2D eigenvalue weighted by atomic mass is 35.5. The fraction of sp³-hybridized carbons (Fsp3) is 0.389. The molecule has 0 spiro atoms. The number of nitrogens with one attached hydrogen (secondary N) is 1. The van der Waals surface area contributed by atoms with Crippen molar-refractivity contribution < 1.29 is 4.79 Å². The first kappa shape index (κ1) is 16.7. The van der Waals surface area contributed by atoms with Gasteiger partial charge in [-0.1, -0.05) is 17.7 Å². The Morgan fingerprint density at radius 3 is 2.46 bits per heavy atom. The van der Waals surface area contributed by atoms with Crippen molar-refractivity contribution in [2.75, 3.05) is 23.3 Å². The van der Waals surface area contributed by atoms with Crippen LogP contribution in [-0.4, -0.2) is 29.0 Å². The van der Waals surface area contributed by atoms with Crippen LogP contribution in [0.3, 0.4) is 0 Å². The second-order valence-electron chi connectivity index (χ2n) is 6.21. The molecule has 1 fully saturated rings. The minimum absolute atomic E-state index is 0.00568. The second-order valence-corrected chi connectivity index (χ2v) is 6.65. The van der Waals surface area contributed by atoms with E-state index in [1.807, 2.05) is 32.0 Å². The number of hydrogen-bond acceptors (Lipinski definition) is 4. The number of nitrogens with zero attached hydrogens (tertiary/aromatic N) is 3. The summed E-state index contributed by atoms with van der Waals surface area (Å²) in [6, 6.07) is 9.20. The fourth-order valence-electron chi connectivity index (χ4n) is 3.00. The van der Waals surface area contributed by atoms with Gasteiger partial charge in [0, 0.05) is 41.1 Å². The quantitative estimate of drug-likeness (QED) is 0.924. The van der Waals surface area contributed by atoms with Gasteiger partial charge < -0.3 is 10.2 Å². The molecule has 2 aromatic rings. The number of benzene rings is 1. The summed E-state index contributed by atoms with van der Waals surface area (Å²) in [4.78, 5) is 23.6. The number of aryl methyl sites for hydroxylation is 2. The lowest BCUT2D eigenvalue weighted by molar-refractivity contribution is -0.120. The Morgan fingerprint density at radius 1 is 1.17 bits per heavy atom. The number of aromatic nitrogens is 2. The number of piperidine rings is 1. The van der Waals surface area contributed by atoms with Gasteiger partial charge in [-0.2, -0.15) is 0 Å². The Morgan fingerprint density at radius 2 is 1.83 bits per heavy atom. The Balaban J connectivity index is 1.59. The average Bonchev–Trinajstić information content (AvgIpc) is 2.54. The van der Waals surface area contributed by atoms with Crippen molar-refractivity contribution in [1.29, 1.82) is 0 Å². The number of halogens is 1. The van der Waals surface area contributed by atoms with Crippen LogP contribution in [0.1, 0.15) is 24.2 Å². The van der Waals surface area contributed by atoms with Crippen molar-refractivity contribution in [2.45, 2.75) is 26.7 Å². The zero-order valence-corrected chi connectivity index (χ0v) is 14.7. The van der Waals surface area contributed by atoms with Crippen molar-refractivity contribution in [3.05, 3.63) is 46.7 Å². The molecular weight excluding hydrogens is 324 g/mol. The molecule has 1 aliphatic heterocycles. The van der Waals surface area contributed by atoms with Crippen LogP contribution in [-0.2, 0) is 4.79 Å². The van der Waals surface area contributed by atoms with E-state index in [4.69, 9.17) is 11.6 Å². The maximum atomic E-state index is 12.4. The van der Waals surface area contributed by atoms with Crippen LogP contribution < -0.4 is 10.2 Å². The monoisotopic (exact) mass is 344 g/mol. The van der Waals surface area contributed by atoms with E-state index in [-0.39, 0.29) is 11.8 Å². The molecule has 1 aromatic heterocycles. The van der Waals surface area contributed by atoms with Gasteiger partial charge in [-0.25, -0.2) is 9.97 Å². The van der Waals surface area contributed by atoms with E-state index in [0.717, 1.165) is 49.0 Å². The van der Waals surface area contributed by atoms with Gasteiger partial charge in [0.1, 0.15) is 0 Å². The molecule has 0 radical (unpaired) electrons. The number of amides is 1. The molecule has 5 nitrogen and oxygen atoms in total. The molecule has 1 saturated heterocycles. The van der Waals surface area contributed by atoms with E-state index in [9.17, 15) is 4.79 Å². The molecule has 0 bridgehead atoms. The van der Waals surface area contributed by atoms with Gasteiger partial charge in [-0.15, -0.1) is 0 Å². The van der Waals surface area contributed by atoms with Gasteiger partial charge in [0.2, 0.25) is 11.9 Å². The highest BCUT2D eigenvalue weighted by Gasteiger charge is 2.26. The van der Waals surface area contributed by atoms with Crippen LogP contribution in [0.25, 0.3) is 0 Å². The predicted octanol–water partition coefficient (Wildman–Crippen LogP) is 3.60. The van der Waals surface area contributed by atoms with Gasteiger partial charge >= 0.3 is 0 Å². The summed E-state index contributed by atoms with van der Waals surface area (Å²) in [5.74, 6) is 0.825. The van der Waals surface area contributed by atoms with E-state index in [2.05, 4.69) is 20.2 Å². The third kappa shape index (κ3) is 4.03. The Bertz CT molecular complexity index is 721. The lowest BCUT2D eigenvalue weighted by Gasteiger charge is -2.31. The van der Waals surface area contributed by atoms with Gasteiger partial charge in [-0.05, 0) is 51.0 Å². The maximum absolute atomic E-state index is 12.4. The Kier molecular flexibility index (Phi) is 5.00. The summed E-state index contributed by atoms with van der Waals surface area (Å²) in [5, 5.41) is 3.57. The van der Waals surface area contributed by atoms with Crippen LogP contribution >= 0.6 is 11.6 Å². The highest BCUT2D eigenvalue weighted by molar-refractivity contribution is 6.30. The van der Waals surface area contributed by atoms with Crippen LogP contribution in [0.2, 0.25) is 5.02 Å². The molecule has 1 N–H and O–H groups in total. The van der Waals surface area contributed by atoms with Crippen molar-refractivity contribution in [2.24, 2.45) is 5.92 Å². The molecule has 24 heavy (non-hydrogen) atoms. The smallest absolute Gasteiger partial charge is 0.227 e. The molecule has 2 heterocycles. The number of rotatable bonds is 3. The Labute approximate surface area is 147 Å². The van der Waals surface area contributed by atoms with Crippen molar-refractivity contribution in [3.63, 3.8) is 0 Å². The molecule has 1 aliphatic rings. The zero-order valence-electron chi connectivity index (χ0n) is 13.9. The normalized spacial score (nSPS) is 15.4. The molecule has 1 aromatic carbocycles. The number of carbonyl (C=O) groups excluding carboxylic acids is 1. The second kappa shape index (κ2) is 7.18. The fourth-order valence-corrected chi connectivity index (χ4v) is 3.19. The topological polar surface area (TPSA) is 58.1 Å². The summed E-state index contributed by atoms with van der Waals surface area (Å²) in [7, 11) is 0. The minimum atomic E-state index is 0.00568. The first-order valence-electron chi connectivity index (χ1n) is 8.15. The van der Waals surface area contributed by atoms with Crippen molar-refractivity contribution in [1.82, 2.24) is 9.97 Å². The molecule has 3 rings (SSSR count).